The number of rotatable bonds is 9. The maximum absolute atomic E-state index is 14.4. The van der Waals surface area contributed by atoms with Crippen molar-refractivity contribution in [1.82, 2.24) is 10.3 Å². The summed E-state index contributed by atoms with van der Waals surface area (Å²) in [6.07, 6.45) is 0.389. The van der Waals surface area contributed by atoms with Crippen molar-refractivity contribution in [2.75, 3.05) is 41.0 Å². The Kier molecular flexibility index (Phi) is 7.37. The zero-order valence-corrected chi connectivity index (χ0v) is 17.4. The van der Waals surface area contributed by atoms with Crippen LogP contribution in [0.5, 0.6) is 11.5 Å². The van der Waals surface area contributed by atoms with E-state index in [1.807, 2.05) is 12.1 Å². The third-order valence-electron chi connectivity index (χ3n) is 4.90. The zero-order chi connectivity index (χ0) is 21.5. The second-order valence-electron chi connectivity index (χ2n) is 6.77. The lowest BCUT2D eigenvalue weighted by molar-refractivity contribution is -0.132. The van der Waals surface area contributed by atoms with Gasteiger partial charge in [-0.05, 0) is 23.8 Å². The summed E-state index contributed by atoms with van der Waals surface area (Å²) in [5.41, 5.74) is 1.75. The molecule has 1 atom stereocenters. The molecule has 1 aliphatic rings. The van der Waals surface area contributed by atoms with Gasteiger partial charge in [-0.3, -0.25) is 4.79 Å². The molecule has 0 spiro atoms. The number of methoxy groups -OCH3 is 3. The average Bonchev–Trinajstić information content (AvgIpc) is 3.21. The molecule has 2 aromatic carbocycles. The van der Waals surface area contributed by atoms with Gasteiger partial charge < -0.3 is 19.5 Å². The summed E-state index contributed by atoms with van der Waals surface area (Å²) >= 11 is 0. The summed E-state index contributed by atoms with van der Waals surface area (Å²) < 4.78 is 30.1. The average molecular weight is 415 g/mol. The molecule has 0 fully saturated rings. The van der Waals surface area contributed by atoms with Crippen LogP contribution >= 0.6 is 0 Å². The molecular weight excluding hydrogens is 389 g/mol. The lowest BCUT2D eigenvalue weighted by Gasteiger charge is -2.23. The van der Waals surface area contributed by atoms with Crippen molar-refractivity contribution in [2.24, 2.45) is 5.10 Å². The molecule has 0 aliphatic carbocycles. The highest BCUT2D eigenvalue weighted by atomic mass is 19.1. The number of carbonyl (C=O) groups is 1. The Morgan fingerprint density at radius 3 is 2.63 bits per heavy atom. The van der Waals surface area contributed by atoms with Crippen molar-refractivity contribution >= 4 is 11.6 Å². The molecule has 1 aliphatic heterocycles. The Morgan fingerprint density at radius 1 is 1.17 bits per heavy atom. The van der Waals surface area contributed by atoms with Gasteiger partial charge in [-0.2, -0.15) is 5.10 Å². The molecule has 7 nitrogen and oxygen atoms in total. The van der Waals surface area contributed by atoms with Crippen molar-refractivity contribution in [3.05, 3.63) is 59.4 Å². The van der Waals surface area contributed by atoms with E-state index in [1.165, 1.54) is 11.1 Å². The van der Waals surface area contributed by atoms with Crippen LogP contribution in [0.1, 0.15) is 23.6 Å². The van der Waals surface area contributed by atoms with Gasteiger partial charge in [0.2, 0.25) is 0 Å². The maximum Gasteiger partial charge on any atom is 0.257 e. The monoisotopic (exact) mass is 415 g/mol. The van der Waals surface area contributed by atoms with E-state index in [2.05, 4.69) is 10.4 Å². The van der Waals surface area contributed by atoms with Gasteiger partial charge in [0.25, 0.3) is 5.91 Å². The summed E-state index contributed by atoms with van der Waals surface area (Å²) in [6.45, 7) is 1.14. The normalized spacial score (nSPS) is 15.8. The minimum atomic E-state index is -0.379. The molecule has 1 N–H and O–H groups in total. The van der Waals surface area contributed by atoms with Crippen LogP contribution in [0.15, 0.2) is 47.6 Å². The highest BCUT2D eigenvalue weighted by Gasteiger charge is 2.34. The molecule has 1 amide bonds. The number of nitrogens with zero attached hydrogens (tertiary/aromatic N) is 2. The summed E-state index contributed by atoms with van der Waals surface area (Å²) in [5, 5.41) is 8.95. The van der Waals surface area contributed by atoms with E-state index >= 15 is 0 Å². The molecular formula is C22H26FN3O4. The van der Waals surface area contributed by atoms with Crippen molar-refractivity contribution in [3.63, 3.8) is 0 Å². The quantitative estimate of drug-likeness (QED) is 0.638. The van der Waals surface area contributed by atoms with Gasteiger partial charge in [0.15, 0.2) is 11.5 Å². The maximum atomic E-state index is 14.4. The Hall–Kier alpha value is -2.97. The van der Waals surface area contributed by atoms with E-state index in [1.54, 1.807) is 45.6 Å². The van der Waals surface area contributed by atoms with Gasteiger partial charge in [-0.1, -0.05) is 24.3 Å². The van der Waals surface area contributed by atoms with Crippen LogP contribution in [0.25, 0.3) is 0 Å². The van der Waals surface area contributed by atoms with E-state index in [-0.39, 0.29) is 24.3 Å². The summed E-state index contributed by atoms with van der Waals surface area (Å²) in [7, 11) is 4.72. The summed E-state index contributed by atoms with van der Waals surface area (Å²) in [6, 6.07) is 11.5. The third-order valence-corrected chi connectivity index (χ3v) is 4.90. The van der Waals surface area contributed by atoms with E-state index in [9.17, 15) is 9.18 Å². The van der Waals surface area contributed by atoms with Gasteiger partial charge in [0.05, 0.1) is 39.1 Å². The third kappa shape index (κ3) is 4.77. The fraction of sp³-hybridized carbons (Fsp3) is 0.364. The first kappa shape index (κ1) is 21.7. The Bertz CT molecular complexity index is 919. The fourth-order valence-corrected chi connectivity index (χ4v) is 3.37. The molecule has 1 heterocycles. The van der Waals surface area contributed by atoms with Crippen molar-refractivity contribution < 1.29 is 23.4 Å². The van der Waals surface area contributed by atoms with Crippen LogP contribution < -0.4 is 14.8 Å². The predicted molar refractivity (Wildman–Crippen MR) is 111 cm³/mol. The molecule has 0 saturated carbocycles. The van der Waals surface area contributed by atoms with E-state index < -0.39 is 0 Å². The van der Waals surface area contributed by atoms with Crippen LogP contribution in [0, 0.1) is 5.82 Å². The molecule has 0 bridgehead atoms. The van der Waals surface area contributed by atoms with E-state index in [0.29, 0.717) is 42.3 Å². The van der Waals surface area contributed by atoms with E-state index in [0.717, 1.165) is 5.56 Å². The molecule has 30 heavy (non-hydrogen) atoms. The minimum absolute atomic E-state index is 0.0984. The number of hydrogen-bond donors (Lipinski definition) is 1. The van der Waals surface area contributed by atoms with E-state index in [4.69, 9.17) is 14.2 Å². The van der Waals surface area contributed by atoms with Crippen LogP contribution in [-0.2, 0) is 9.53 Å². The number of carbonyl (C=O) groups excluding carboxylic acids is 1. The minimum Gasteiger partial charge on any atom is -0.493 e. The zero-order valence-electron chi connectivity index (χ0n) is 17.4. The Morgan fingerprint density at radius 2 is 1.93 bits per heavy atom. The number of nitrogens with one attached hydrogen (secondary N) is 1. The van der Waals surface area contributed by atoms with Crippen LogP contribution in [0.3, 0.4) is 0 Å². The molecule has 0 saturated heterocycles. The first-order chi connectivity index (χ1) is 14.6. The molecule has 2 aromatic rings. The number of hydrogen-bond acceptors (Lipinski definition) is 6. The first-order valence-electron chi connectivity index (χ1n) is 9.65. The summed E-state index contributed by atoms with van der Waals surface area (Å²) in [5.74, 6) is 0.570. The van der Waals surface area contributed by atoms with Crippen LogP contribution in [-0.4, -0.2) is 57.7 Å². The molecule has 3 rings (SSSR count). The molecule has 8 heteroatoms. The fourth-order valence-electron chi connectivity index (χ4n) is 3.37. The van der Waals surface area contributed by atoms with Gasteiger partial charge >= 0.3 is 0 Å². The molecule has 160 valence electrons. The number of ether oxygens (including phenoxy) is 3. The number of halogens is 1. The van der Waals surface area contributed by atoms with Gasteiger partial charge in [-0.15, -0.1) is 0 Å². The predicted octanol–water partition coefficient (Wildman–Crippen LogP) is 2.76. The highest BCUT2D eigenvalue weighted by molar-refractivity contribution is 6.03. The smallest absolute Gasteiger partial charge is 0.257 e. The van der Waals surface area contributed by atoms with Crippen LogP contribution in [0.2, 0.25) is 0 Å². The SMILES string of the molecule is COCCNCC(=O)N1N=C(c2ccccc2F)CC1c1ccc(OC)c(OC)c1. The second kappa shape index (κ2) is 10.2. The standard InChI is InChI=1S/C22H26FN3O4/c1-28-11-10-24-14-22(27)26-19(15-8-9-20(29-2)21(12-15)30-3)13-18(25-26)16-6-4-5-7-17(16)23/h4-9,12,19,24H,10-11,13-14H2,1-3H3. The largest absolute Gasteiger partial charge is 0.493 e. The van der Waals surface area contributed by atoms with Gasteiger partial charge in [0, 0.05) is 25.6 Å². The summed E-state index contributed by atoms with van der Waals surface area (Å²) in [4.78, 5) is 12.9. The first-order valence-corrected chi connectivity index (χ1v) is 9.65. The number of benzene rings is 2. The topological polar surface area (TPSA) is 72.4 Å². The number of amides is 1. The highest BCUT2D eigenvalue weighted by Crippen LogP contribution is 2.37. The van der Waals surface area contributed by atoms with Crippen LogP contribution in [0.4, 0.5) is 4.39 Å². The van der Waals surface area contributed by atoms with Crippen molar-refractivity contribution in [3.8, 4) is 11.5 Å². The molecule has 0 aromatic heterocycles. The van der Waals surface area contributed by atoms with Crippen molar-refractivity contribution in [1.29, 1.82) is 0 Å². The van der Waals surface area contributed by atoms with Crippen molar-refractivity contribution in [2.45, 2.75) is 12.5 Å². The molecule has 0 radical (unpaired) electrons. The lowest BCUT2D eigenvalue weighted by Crippen LogP contribution is -2.36. The molecule has 1 unspecified atom stereocenters. The van der Waals surface area contributed by atoms with Gasteiger partial charge in [0.1, 0.15) is 5.82 Å². The lowest BCUT2D eigenvalue weighted by atomic mass is 9.97. The number of hydrazone groups is 1. The Labute approximate surface area is 175 Å². The Balaban J connectivity index is 1.90. The van der Waals surface area contributed by atoms with Gasteiger partial charge in [-0.25, -0.2) is 9.40 Å². The second-order valence-corrected chi connectivity index (χ2v) is 6.77.